The molecule has 0 aliphatic heterocycles. The zero-order chi connectivity index (χ0) is 13.7. The monoisotopic (exact) mass is 263 g/mol. The highest BCUT2D eigenvalue weighted by molar-refractivity contribution is 5.99. The van der Waals surface area contributed by atoms with Gasteiger partial charge in [0, 0.05) is 33.4 Å². The van der Waals surface area contributed by atoms with E-state index < -0.39 is 0 Å². The maximum absolute atomic E-state index is 12.3. The number of carbonyl (C=O) groups is 1. The van der Waals surface area contributed by atoms with E-state index in [4.69, 9.17) is 4.74 Å². The highest BCUT2D eigenvalue weighted by Gasteiger charge is 2.21. The van der Waals surface area contributed by atoms with Crippen LogP contribution in [0, 0.1) is 5.92 Å². The SMILES string of the molecule is CNc1cnccc1C(=O)N(C)CCOCC1CC1. The van der Waals surface area contributed by atoms with Crippen molar-refractivity contribution in [1.82, 2.24) is 9.88 Å². The van der Waals surface area contributed by atoms with Gasteiger partial charge in [-0.1, -0.05) is 0 Å². The Balaban J connectivity index is 1.82. The van der Waals surface area contributed by atoms with Gasteiger partial charge in [-0.05, 0) is 24.8 Å². The summed E-state index contributed by atoms with van der Waals surface area (Å²) in [6.07, 6.45) is 5.87. The van der Waals surface area contributed by atoms with Crippen LogP contribution in [0.15, 0.2) is 18.5 Å². The molecule has 0 atom stereocenters. The second-order valence-electron chi connectivity index (χ2n) is 4.92. The number of aromatic nitrogens is 1. The number of rotatable bonds is 7. The van der Waals surface area contributed by atoms with Crippen LogP contribution in [0.4, 0.5) is 5.69 Å². The van der Waals surface area contributed by atoms with Crippen molar-refractivity contribution in [3.8, 4) is 0 Å². The Labute approximate surface area is 114 Å². The third kappa shape index (κ3) is 3.92. The summed E-state index contributed by atoms with van der Waals surface area (Å²) in [4.78, 5) is 18.0. The van der Waals surface area contributed by atoms with Crippen LogP contribution in [0.5, 0.6) is 0 Å². The average Bonchev–Trinajstić information content (AvgIpc) is 3.26. The molecule has 0 spiro atoms. The van der Waals surface area contributed by atoms with Crippen LogP contribution < -0.4 is 5.32 Å². The number of likely N-dealkylation sites (N-methyl/N-ethyl adjacent to an activating group) is 1. The van der Waals surface area contributed by atoms with Crippen LogP contribution in [0.25, 0.3) is 0 Å². The van der Waals surface area contributed by atoms with E-state index in [2.05, 4.69) is 10.3 Å². The number of amides is 1. The van der Waals surface area contributed by atoms with E-state index in [0.29, 0.717) is 18.7 Å². The fourth-order valence-corrected chi connectivity index (χ4v) is 1.82. The molecule has 1 aliphatic carbocycles. The molecule has 1 aliphatic rings. The maximum Gasteiger partial charge on any atom is 0.255 e. The molecule has 19 heavy (non-hydrogen) atoms. The van der Waals surface area contributed by atoms with Gasteiger partial charge in [0.25, 0.3) is 5.91 Å². The molecule has 1 amide bonds. The van der Waals surface area contributed by atoms with Gasteiger partial charge >= 0.3 is 0 Å². The fraction of sp³-hybridized carbons (Fsp3) is 0.571. The number of pyridine rings is 1. The highest BCUT2D eigenvalue weighted by Crippen LogP contribution is 2.28. The van der Waals surface area contributed by atoms with E-state index in [9.17, 15) is 4.79 Å². The minimum atomic E-state index is -0.0122. The molecule has 0 saturated heterocycles. The van der Waals surface area contributed by atoms with E-state index >= 15 is 0 Å². The van der Waals surface area contributed by atoms with Crippen LogP contribution in [0.2, 0.25) is 0 Å². The predicted molar refractivity (Wildman–Crippen MR) is 74.3 cm³/mol. The Kier molecular flexibility index (Phi) is 4.74. The number of carbonyl (C=O) groups excluding carboxylic acids is 1. The van der Waals surface area contributed by atoms with Crippen molar-refractivity contribution in [1.29, 1.82) is 0 Å². The number of nitrogens with one attached hydrogen (secondary N) is 1. The molecule has 0 aromatic carbocycles. The van der Waals surface area contributed by atoms with Gasteiger partial charge in [-0.25, -0.2) is 0 Å². The van der Waals surface area contributed by atoms with E-state index in [1.807, 2.05) is 0 Å². The minimum Gasteiger partial charge on any atom is -0.386 e. The maximum atomic E-state index is 12.3. The van der Waals surface area contributed by atoms with Gasteiger partial charge in [0.15, 0.2) is 0 Å². The van der Waals surface area contributed by atoms with Gasteiger partial charge < -0.3 is 15.0 Å². The Hall–Kier alpha value is -1.62. The first-order valence-electron chi connectivity index (χ1n) is 6.67. The summed E-state index contributed by atoms with van der Waals surface area (Å²) in [6, 6.07) is 1.73. The number of nitrogens with zero attached hydrogens (tertiary/aromatic N) is 2. The van der Waals surface area contributed by atoms with Crippen molar-refractivity contribution in [2.24, 2.45) is 5.92 Å². The summed E-state index contributed by atoms with van der Waals surface area (Å²) in [5.74, 6) is 0.749. The summed E-state index contributed by atoms with van der Waals surface area (Å²) >= 11 is 0. The van der Waals surface area contributed by atoms with Gasteiger partial charge in [-0.2, -0.15) is 0 Å². The van der Waals surface area contributed by atoms with E-state index in [0.717, 1.165) is 18.2 Å². The number of ether oxygens (including phenoxy) is 1. The first-order chi connectivity index (χ1) is 9.22. The summed E-state index contributed by atoms with van der Waals surface area (Å²) in [7, 11) is 3.58. The second kappa shape index (κ2) is 6.52. The second-order valence-corrected chi connectivity index (χ2v) is 4.92. The van der Waals surface area contributed by atoms with Gasteiger partial charge in [0.2, 0.25) is 0 Å². The zero-order valence-corrected chi connectivity index (χ0v) is 11.6. The highest BCUT2D eigenvalue weighted by atomic mass is 16.5. The molecule has 0 radical (unpaired) electrons. The molecule has 1 aromatic rings. The molecule has 5 heteroatoms. The molecular formula is C14H21N3O2. The van der Waals surface area contributed by atoms with Crippen molar-refractivity contribution < 1.29 is 9.53 Å². The molecule has 104 valence electrons. The standard InChI is InChI=1S/C14H21N3O2/c1-15-13-9-16-6-5-12(13)14(18)17(2)7-8-19-10-11-3-4-11/h5-6,9,11,15H,3-4,7-8,10H2,1-2H3. The van der Waals surface area contributed by atoms with Crippen LogP contribution in [0.1, 0.15) is 23.2 Å². The van der Waals surface area contributed by atoms with Gasteiger partial charge in [-0.3, -0.25) is 9.78 Å². The van der Waals surface area contributed by atoms with Gasteiger partial charge in [0.05, 0.1) is 24.1 Å². The molecule has 1 saturated carbocycles. The summed E-state index contributed by atoms with van der Waals surface area (Å²) in [6.45, 7) is 2.04. The Morgan fingerprint density at radius 1 is 1.58 bits per heavy atom. The lowest BCUT2D eigenvalue weighted by molar-refractivity contribution is 0.0682. The Morgan fingerprint density at radius 2 is 2.37 bits per heavy atom. The van der Waals surface area contributed by atoms with E-state index in [1.165, 1.54) is 12.8 Å². The predicted octanol–water partition coefficient (Wildman–Crippen LogP) is 1.62. The molecule has 5 nitrogen and oxygen atoms in total. The molecule has 2 rings (SSSR count). The van der Waals surface area contributed by atoms with Crippen molar-refractivity contribution in [2.45, 2.75) is 12.8 Å². The van der Waals surface area contributed by atoms with Crippen LogP contribution in [-0.4, -0.2) is 49.6 Å². The molecule has 1 heterocycles. The minimum absolute atomic E-state index is 0.0122. The zero-order valence-electron chi connectivity index (χ0n) is 11.6. The molecule has 1 fully saturated rings. The van der Waals surface area contributed by atoms with Crippen LogP contribution >= 0.6 is 0 Å². The lowest BCUT2D eigenvalue weighted by Crippen LogP contribution is -2.30. The molecule has 1 N–H and O–H groups in total. The first kappa shape index (κ1) is 13.8. The van der Waals surface area contributed by atoms with Crippen LogP contribution in [-0.2, 0) is 4.74 Å². The molecule has 1 aromatic heterocycles. The lowest BCUT2D eigenvalue weighted by atomic mass is 10.2. The number of hydrogen-bond acceptors (Lipinski definition) is 4. The van der Waals surface area contributed by atoms with Crippen molar-refractivity contribution >= 4 is 11.6 Å². The average molecular weight is 263 g/mol. The smallest absolute Gasteiger partial charge is 0.255 e. The summed E-state index contributed by atoms with van der Waals surface area (Å²) < 4.78 is 5.55. The third-order valence-electron chi connectivity index (χ3n) is 3.29. The molecule has 0 unspecified atom stereocenters. The quantitative estimate of drug-likeness (QED) is 0.760. The topological polar surface area (TPSA) is 54.5 Å². The number of hydrogen-bond donors (Lipinski definition) is 1. The molecule has 0 bridgehead atoms. The van der Waals surface area contributed by atoms with Gasteiger partial charge in [0.1, 0.15) is 0 Å². The largest absolute Gasteiger partial charge is 0.386 e. The Morgan fingerprint density at radius 3 is 3.05 bits per heavy atom. The van der Waals surface area contributed by atoms with Crippen molar-refractivity contribution in [3.63, 3.8) is 0 Å². The van der Waals surface area contributed by atoms with Crippen LogP contribution in [0.3, 0.4) is 0 Å². The van der Waals surface area contributed by atoms with Gasteiger partial charge in [-0.15, -0.1) is 0 Å². The molecular weight excluding hydrogens is 242 g/mol. The van der Waals surface area contributed by atoms with E-state index in [-0.39, 0.29) is 5.91 Å². The first-order valence-corrected chi connectivity index (χ1v) is 6.67. The van der Waals surface area contributed by atoms with Crippen molar-refractivity contribution in [3.05, 3.63) is 24.0 Å². The van der Waals surface area contributed by atoms with Crippen molar-refractivity contribution in [2.75, 3.05) is 39.2 Å². The lowest BCUT2D eigenvalue weighted by Gasteiger charge is -2.18. The fourth-order valence-electron chi connectivity index (χ4n) is 1.82. The third-order valence-corrected chi connectivity index (χ3v) is 3.29. The normalized spacial score (nSPS) is 14.2. The number of anilines is 1. The summed E-state index contributed by atoms with van der Waals surface area (Å²) in [5.41, 5.74) is 1.39. The Bertz CT molecular complexity index is 432. The van der Waals surface area contributed by atoms with E-state index in [1.54, 1.807) is 37.5 Å². The summed E-state index contributed by atoms with van der Waals surface area (Å²) in [5, 5.41) is 2.98.